The maximum atomic E-state index is 10.7. The lowest BCUT2D eigenvalue weighted by atomic mass is 10.2. The molecule has 0 aromatic heterocycles. The molecule has 94 valence electrons. The van der Waals surface area contributed by atoms with Crippen LogP contribution >= 0.6 is 11.8 Å². The van der Waals surface area contributed by atoms with Crippen LogP contribution in [0.2, 0.25) is 0 Å². The van der Waals surface area contributed by atoms with Crippen LogP contribution < -0.4 is 5.73 Å². The van der Waals surface area contributed by atoms with Gasteiger partial charge in [-0.3, -0.25) is 10.1 Å². The van der Waals surface area contributed by atoms with E-state index in [1.54, 1.807) is 30.8 Å². The highest BCUT2D eigenvalue weighted by Crippen LogP contribution is 2.26. The molecule has 0 aliphatic carbocycles. The monoisotopic (exact) mass is 256 g/mol. The summed E-state index contributed by atoms with van der Waals surface area (Å²) in [6.07, 6.45) is -0.399. The van der Waals surface area contributed by atoms with Gasteiger partial charge in [0.05, 0.1) is 11.0 Å². The van der Waals surface area contributed by atoms with Crippen LogP contribution in [0.25, 0.3) is 0 Å². The zero-order valence-electron chi connectivity index (χ0n) is 9.79. The van der Waals surface area contributed by atoms with Gasteiger partial charge in [-0.25, -0.2) is 0 Å². The third-order valence-electron chi connectivity index (χ3n) is 2.48. The largest absolute Gasteiger partial charge is 0.393 e. The smallest absolute Gasteiger partial charge is 0.292 e. The molecule has 6 heteroatoms. The molecule has 0 fully saturated rings. The summed E-state index contributed by atoms with van der Waals surface area (Å²) in [6.45, 7) is 3.64. The Hall–Kier alpha value is -1.27. The van der Waals surface area contributed by atoms with Gasteiger partial charge in [0.15, 0.2) is 0 Å². The van der Waals surface area contributed by atoms with Gasteiger partial charge in [0.1, 0.15) is 5.69 Å². The number of nitro benzene ring substituents is 1. The average Bonchev–Trinajstić information content (AvgIpc) is 2.26. The molecule has 0 saturated heterocycles. The summed E-state index contributed by atoms with van der Waals surface area (Å²) in [5.41, 5.74) is 6.45. The van der Waals surface area contributed by atoms with Crippen molar-refractivity contribution in [1.82, 2.24) is 0 Å². The Balaban J connectivity index is 2.73. The van der Waals surface area contributed by atoms with Crippen LogP contribution in [-0.4, -0.2) is 21.4 Å². The number of aliphatic hydroxyl groups excluding tert-OH is 1. The quantitative estimate of drug-likeness (QED) is 0.479. The number of nitrogens with two attached hydrogens (primary N) is 1. The van der Waals surface area contributed by atoms with Crippen LogP contribution in [-0.2, 0) is 5.75 Å². The third-order valence-corrected chi connectivity index (χ3v) is 3.90. The number of rotatable bonds is 5. The Kier molecular flexibility index (Phi) is 4.77. The third kappa shape index (κ3) is 3.90. The van der Waals surface area contributed by atoms with Crippen molar-refractivity contribution in [3.63, 3.8) is 0 Å². The van der Waals surface area contributed by atoms with E-state index in [0.29, 0.717) is 5.75 Å². The van der Waals surface area contributed by atoms with Crippen molar-refractivity contribution in [3.05, 3.63) is 33.9 Å². The average molecular weight is 256 g/mol. The van der Waals surface area contributed by atoms with Crippen LogP contribution in [0.3, 0.4) is 0 Å². The molecule has 0 saturated carbocycles. The summed E-state index contributed by atoms with van der Waals surface area (Å²) in [5, 5.41) is 20.1. The van der Waals surface area contributed by atoms with Crippen LogP contribution in [0, 0.1) is 10.1 Å². The highest BCUT2D eigenvalue weighted by Gasteiger charge is 2.13. The molecule has 0 radical (unpaired) electrons. The van der Waals surface area contributed by atoms with E-state index < -0.39 is 11.0 Å². The summed E-state index contributed by atoms with van der Waals surface area (Å²) in [4.78, 5) is 10.2. The van der Waals surface area contributed by atoms with Gasteiger partial charge in [0.2, 0.25) is 0 Å². The molecule has 0 heterocycles. The summed E-state index contributed by atoms with van der Waals surface area (Å²) in [5.74, 6) is 0.618. The van der Waals surface area contributed by atoms with Gasteiger partial charge < -0.3 is 10.8 Å². The first-order valence-electron chi connectivity index (χ1n) is 5.24. The molecule has 1 rings (SSSR count). The SMILES string of the molecule is CC(O)C(C)SCc1ccc(N)c([N+](=O)[O-])c1. The van der Waals surface area contributed by atoms with Crippen molar-refractivity contribution in [1.29, 1.82) is 0 Å². The molecule has 2 unspecified atom stereocenters. The molecule has 0 aliphatic heterocycles. The van der Waals surface area contributed by atoms with E-state index in [2.05, 4.69) is 0 Å². The normalized spacial score (nSPS) is 14.3. The van der Waals surface area contributed by atoms with Gasteiger partial charge in [-0.1, -0.05) is 13.0 Å². The van der Waals surface area contributed by atoms with E-state index in [0.717, 1.165) is 5.56 Å². The topological polar surface area (TPSA) is 89.4 Å². The Morgan fingerprint density at radius 2 is 2.18 bits per heavy atom. The van der Waals surface area contributed by atoms with Crippen molar-refractivity contribution >= 4 is 23.1 Å². The summed E-state index contributed by atoms with van der Waals surface area (Å²) >= 11 is 1.55. The number of hydrogen-bond acceptors (Lipinski definition) is 5. The van der Waals surface area contributed by atoms with Crippen molar-refractivity contribution in [2.24, 2.45) is 0 Å². The van der Waals surface area contributed by atoms with Crippen LogP contribution in [0.5, 0.6) is 0 Å². The standard InChI is InChI=1S/C11H16N2O3S/c1-7(14)8(2)17-6-9-3-4-10(12)11(5-9)13(15)16/h3-5,7-8,14H,6,12H2,1-2H3. The predicted octanol–water partition coefficient (Wildman–Crippen LogP) is 2.18. The summed E-state index contributed by atoms with van der Waals surface area (Å²) in [7, 11) is 0. The molecule has 5 nitrogen and oxygen atoms in total. The Morgan fingerprint density at radius 1 is 1.53 bits per heavy atom. The minimum Gasteiger partial charge on any atom is -0.393 e. The molecule has 1 aromatic carbocycles. The summed E-state index contributed by atoms with van der Waals surface area (Å²) < 4.78 is 0. The zero-order chi connectivity index (χ0) is 13.0. The van der Waals surface area contributed by atoms with Crippen molar-refractivity contribution in [2.45, 2.75) is 31.0 Å². The fraction of sp³-hybridized carbons (Fsp3) is 0.455. The van der Waals surface area contributed by atoms with Gasteiger partial charge >= 0.3 is 0 Å². The number of benzene rings is 1. The van der Waals surface area contributed by atoms with Crippen molar-refractivity contribution in [3.8, 4) is 0 Å². The Labute approximate surface area is 104 Å². The second kappa shape index (κ2) is 5.88. The molecule has 1 aromatic rings. The minimum absolute atomic E-state index is 0.0622. The molecular formula is C11H16N2O3S. The lowest BCUT2D eigenvalue weighted by Gasteiger charge is -2.13. The first kappa shape index (κ1) is 13.8. The Morgan fingerprint density at radius 3 is 2.71 bits per heavy atom. The van der Waals surface area contributed by atoms with Crippen molar-refractivity contribution in [2.75, 3.05) is 5.73 Å². The van der Waals surface area contributed by atoms with Crippen LogP contribution in [0.4, 0.5) is 11.4 Å². The second-order valence-electron chi connectivity index (χ2n) is 3.91. The molecule has 0 spiro atoms. The maximum absolute atomic E-state index is 10.7. The number of nitrogens with zero attached hydrogens (tertiary/aromatic N) is 1. The zero-order valence-corrected chi connectivity index (χ0v) is 10.6. The molecule has 0 amide bonds. The molecule has 2 atom stereocenters. The highest BCUT2D eigenvalue weighted by atomic mass is 32.2. The maximum Gasteiger partial charge on any atom is 0.292 e. The number of thioether (sulfide) groups is 1. The molecular weight excluding hydrogens is 240 g/mol. The van der Waals surface area contributed by atoms with E-state index in [9.17, 15) is 15.2 Å². The van der Waals surface area contributed by atoms with Crippen LogP contribution in [0.15, 0.2) is 18.2 Å². The van der Waals surface area contributed by atoms with Gasteiger partial charge in [0.25, 0.3) is 5.69 Å². The van der Waals surface area contributed by atoms with Crippen LogP contribution in [0.1, 0.15) is 19.4 Å². The number of aliphatic hydroxyl groups is 1. The molecule has 0 aliphatic rings. The predicted molar refractivity (Wildman–Crippen MR) is 69.9 cm³/mol. The lowest BCUT2D eigenvalue weighted by Crippen LogP contribution is -2.15. The van der Waals surface area contributed by atoms with E-state index in [1.807, 2.05) is 6.92 Å². The van der Waals surface area contributed by atoms with Gasteiger partial charge in [0, 0.05) is 17.1 Å². The number of hydrogen-bond donors (Lipinski definition) is 2. The minimum atomic E-state index is -0.485. The van der Waals surface area contributed by atoms with Gasteiger partial charge in [-0.2, -0.15) is 11.8 Å². The number of anilines is 1. The van der Waals surface area contributed by atoms with E-state index >= 15 is 0 Å². The lowest BCUT2D eigenvalue weighted by molar-refractivity contribution is -0.383. The van der Waals surface area contributed by atoms with E-state index in [4.69, 9.17) is 5.73 Å². The van der Waals surface area contributed by atoms with Gasteiger partial charge in [-0.15, -0.1) is 0 Å². The summed E-state index contributed by atoms with van der Waals surface area (Å²) in [6, 6.07) is 4.79. The highest BCUT2D eigenvalue weighted by molar-refractivity contribution is 7.99. The van der Waals surface area contributed by atoms with E-state index in [-0.39, 0.29) is 16.6 Å². The fourth-order valence-electron chi connectivity index (χ4n) is 1.20. The fourth-order valence-corrected chi connectivity index (χ4v) is 2.12. The number of nitrogen functional groups attached to an aromatic ring is 1. The van der Waals surface area contributed by atoms with Gasteiger partial charge in [-0.05, 0) is 18.6 Å². The van der Waals surface area contributed by atoms with Crippen molar-refractivity contribution < 1.29 is 10.0 Å². The molecule has 17 heavy (non-hydrogen) atoms. The molecule has 3 N–H and O–H groups in total. The first-order valence-corrected chi connectivity index (χ1v) is 6.29. The van der Waals surface area contributed by atoms with E-state index in [1.165, 1.54) is 6.07 Å². The first-order chi connectivity index (χ1) is 7.91. The Bertz CT molecular complexity index is 410. The second-order valence-corrected chi connectivity index (χ2v) is 5.27. The number of nitro groups is 1. The molecule has 0 bridgehead atoms.